The van der Waals surface area contributed by atoms with E-state index in [0.29, 0.717) is 5.56 Å². The number of rotatable bonds is 9. The van der Waals surface area contributed by atoms with Gasteiger partial charge in [0, 0.05) is 11.8 Å². The molecule has 166 valence electrons. The van der Waals surface area contributed by atoms with Gasteiger partial charge in [0.2, 0.25) is 0 Å². The van der Waals surface area contributed by atoms with Crippen molar-refractivity contribution in [2.75, 3.05) is 0 Å². The van der Waals surface area contributed by atoms with Crippen LogP contribution >= 0.6 is 0 Å². The van der Waals surface area contributed by atoms with Crippen LogP contribution in [0.5, 0.6) is 0 Å². The molecule has 0 aliphatic carbocycles. The van der Waals surface area contributed by atoms with Crippen molar-refractivity contribution >= 4 is 11.9 Å². The summed E-state index contributed by atoms with van der Waals surface area (Å²) in [4.78, 5) is 28.4. The molecule has 5 nitrogen and oxygen atoms in total. The number of aryl methyl sites for hydroxylation is 2. The zero-order valence-electron chi connectivity index (χ0n) is 18.9. The maximum atomic E-state index is 12.7. The molecule has 1 aromatic heterocycles. The fourth-order valence-corrected chi connectivity index (χ4v) is 3.79. The van der Waals surface area contributed by atoms with Gasteiger partial charge < -0.3 is 5.73 Å². The minimum Gasteiger partial charge on any atom is -0.351 e. The number of urea groups is 1. The molecule has 0 fully saturated rings. The predicted octanol–water partition coefficient (Wildman–Crippen LogP) is 5.91. The number of nitrogens with one attached hydrogen (secondary N) is 1. The van der Waals surface area contributed by atoms with E-state index in [1.54, 1.807) is 6.20 Å². The zero-order valence-corrected chi connectivity index (χ0v) is 18.9. The summed E-state index contributed by atoms with van der Waals surface area (Å²) in [5.74, 6) is -0.607. The summed E-state index contributed by atoms with van der Waals surface area (Å²) in [5.41, 5.74) is 11.4. The first-order valence-electron chi connectivity index (χ1n) is 11.3. The van der Waals surface area contributed by atoms with Crippen molar-refractivity contribution in [3.63, 3.8) is 0 Å². The molecule has 0 radical (unpaired) electrons. The first-order valence-corrected chi connectivity index (χ1v) is 11.3. The van der Waals surface area contributed by atoms with Gasteiger partial charge in [-0.2, -0.15) is 0 Å². The Balaban J connectivity index is 2.07. The van der Waals surface area contributed by atoms with Crippen LogP contribution in [0.3, 0.4) is 0 Å². The Morgan fingerprint density at radius 3 is 1.84 bits per heavy atom. The molecule has 0 saturated heterocycles. The predicted molar refractivity (Wildman–Crippen MR) is 129 cm³/mol. The second-order valence-electron chi connectivity index (χ2n) is 8.00. The molecule has 0 aliphatic heterocycles. The third kappa shape index (κ3) is 5.82. The number of pyridine rings is 1. The number of nitrogens with two attached hydrogens (primary N) is 1. The van der Waals surface area contributed by atoms with E-state index >= 15 is 0 Å². The van der Waals surface area contributed by atoms with Gasteiger partial charge in [-0.25, -0.2) is 4.79 Å². The van der Waals surface area contributed by atoms with Crippen molar-refractivity contribution in [1.82, 2.24) is 10.3 Å². The van der Waals surface area contributed by atoms with E-state index < -0.39 is 11.9 Å². The number of imide groups is 1. The molecule has 0 spiro atoms. The highest BCUT2D eigenvalue weighted by molar-refractivity contribution is 6.08. The number of aromatic nitrogens is 1. The minimum atomic E-state index is -0.900. The van der Waals surface area contributed by atoms with E-state index in [4.69, 9.17) is 5.73 Å². The molecule has 1 heterocycles. The standard InChI is InChI=1S/C27H31N3O2/c1-3-5-7-19-9-13-21(14-10-19)23-17-18-29-25(26(31)30-27(28)32)24(23)22-15-11-20(12-16-22)8-6-4-2/h9-18H,3-8H2,1-2H3,(H3,28,30,31,32). The van der Waals surface area contributed by atoms with E-state index in [9.17, 15) is 9.59 Å². The number of unbranched alkanes of at least 4 members (excludes halogenated alkanes) is 2. The Kier molecular flexibility index (Phi) is 8.14. The van der Waals surface area contributed by atoms with Crippen LogP contribution in [0.15, 0.2) is 60.8 Å². The Labute approximate surface area is 190 Å². The van der Waals surface area contributed by atoms with Gasteiger partial charge in [0.15, 0.2) is 0 Å². The number of primary amides is 1. The summed E-state index contributed by atoms with van der Waals surface area (Å²) >= 11 is 0. The van der Waals surface area contributed by atoms with Crippen molar-refractivity contribution in [2.24, 2.45) is 5.73 Å². The third-order valence-corrected chi connectivity index (χ3v) is 5.55. The molecule has 3 amide bonds. The largest absolute Gasteiger partial charge is 0.351 e. The summed E-state index contributed by atoms with van der Waals surface area (Å²) in [6, 6.07) is 17.6. The SMILES string of the molecule is CCCCc1ccc(-c2ccnc(C(=O)NC(N)=O)c2-c2ccc(CCCC)cc2)cc1. The van der Waals surface area contributed by atoms with Crippen molar-refractivity contribution < 1.29 is 9.59 Å². The Morgan fingerprint density at radius 1 is 0.812 bits per heavy atom. The van der Waals surface area contributed by atoms with E-state index in [1.807, 2.05) is 18.2 Å². The smallest absolute Gasteiger partial charge is 0.319 e. The monoisotopic (exact) mass is 429 g/mol. The molecule has 0 saturated carbocycles. The quantitative estimate of drug-likeness (QED) is 0.443. The van der Waals surface area contributed by atoms with Crippen LogP contribution in [0.2, 0.25) is 0 Å². The highest BCUT2D eigenvalue weighted by atomic mass is 16.2. The molecular weight excluding hydrogens is 398 g/mol. The average molecular weight is 430 g/mol. The molecule has 32 heavy (non-hydrogen) atoms. The number of hydrogen-bond acceptors (Lipinski definition) is 3. The number of hydrogen-bond donors (Lipinski definition) is 2. The van der Waals surface area contributed by atoms with Crippen molar-refractivity contribution in [1.29, 1.82) is 0 Å². The van der Waals surface area contributed by atoms with E-state index in [0.717, 1.165) is 55.2 Å². The van der Waals surface area contributed by atoms with Crippen molar-refractivity contribution in [3.05, 3.63) is 77.6 Å². The van der Waals surface area contributed by atoms with Crippen molar-refractivity contribution in [3.8, 4) is 22.3 Å². The van der Waals surface area contributed by atoms with Crippen LogP contribution < -0.4 is 11.1 Å². The second-order valence-corrected chi connectivity index (χ2v) is 8.00. The lowest BCUT2D eigenvalue weighted by molar-refractivity contribution is 0.0962. The summed E-state index contributed by atoms with van der Waals surface area (Å²) < 4.78 is 0. The lowest BCUT2D eigenvalue weighted by Gasteiger charge is -2.15. The van der Waals surface area contributed by atoms with Gasteiger partial charge in [-0.15, -0.1) is 0 Å². The molecule has 3 rings (SSSR count). The Hall–Kier alpha value is -3.47. The molecule has 0 unspecified atom stereocenters. The number of amides is 3. The number of carbonyl (C=O) groups excluding carboxylic acids is 2. The van der Waals surface area contributed by atoms with Crippen LogP contribution in [0.1, 0.15) is 61.1 Å². The molecular formula is C27H31N3O2. The van der Waals surface area contributed by atoms with Crippen molar-refractivity contribution in [2.45, 2.75) is 52.4 Å². The van der Waals surface area contributed by atoms with E-state index in [1.165, 1.54) is 11.1 Å². The maximum Gasteiger partial charge on any atom is 0.319 e. The molecule has 0 aliphatic rings. The zero-order chi connectivity index (χ0) is 22.9. The molecule has 0 atom stereocenters. The first kappa shape index (κ1) is 23.2. The fourth-order valence-electron chi connectivity index (χ4n) is 3.79. The molecule has 5 heteroatoms. The van der Waals surface area contributed by atoms with Gasteiger partial charge in [-0.3, -0.25) is 15.1 Å². The summed E-state index contributed by atoms with van der Waals surface area (Å²) in [5, 5.41) is 2.16. The Bertz CT molecular complexity index is 1060. The van der Waals surface area contributed by atoms with Gasteiger partial charge in [-0.1, -0.05) is 75.2 Å². The van der Waals surface area contributed by atoms with E-state index in [2.05, 4.69) is 60.5 Å². The molecule has 0 bridgehead atoms. The third-order valence-electron chi connectivity index (χ3n) is 5.55. The van der Waals surface area contributed by atoms with Crippen LogP contribution in [0, 0.1) is 0 Å². The minimum absolute atomic E-state index is 0.178. The van der Waals surface area contributed by atoms with Gasteiger partial charge in [0.1, 0.15) is 5.69 Å². The summed E-state index contributed by atoms with van der Waals surface area (Å²) in [6.07, 6.45) is 8.24. The number of nitrogens with zero attached hydrogens (tertiary/aromatic N) is 1. The van der Waals surface area contributed by atoms with Crippen LogP contribution in [-0.2, 0) is 12.8 Å². The topological polar surface area (TPSA) is 85.1 Å². The van der Waals surface area contributed by atoms with Gasteiger partial charge in [0.25, 0.3) is 5.91 Å². The van der Waals surface area contributed by atoms with Crippen LogP contribution in [0.25, 0.3) is 22.3 Å². The number of benzene rings is 2. The van der Waals surface area contributed by atoms with Gasteiger partial charge in [-0.05, 0) is 59.6 Å². The van der Waals surface area contributed by atoms with Crippen LogP contribution in [0.4, 0.5) is 4.79 Å². The average Bonchev–Trinajstić information content (AvgIpc) is 2.81. The summed E-state index contributed by atoms with van der Waals surface area (Å²) in [6.45, 7) is 4.36. The highest BCUT2D eigenvalue weighted by Gasteiger charge is 2.20. The highest BCUT2D eigenvalue weighted by Crippen LogP contribution is 2.34. The lowest BCUT2D eigenvalue weighted by atomic mass is 9.91. The van der Waals surface area contributed by atoms with Crippen LogP contribution in [-0.4, -0.2) is 16.9 Å². The maximum absolute atomic E-state index is 12.7. The molecule has 3 aromatic rings. The van der Waals surface area contributed by atoms with E-state index in [-0.39, 0.29) is 5.69 Å². The second kappa shape index (κ2) is 11.2. The molecule has 3 N–H and O–H groups in total. The number of carbonyl (C=O) groups is 2. The fraction of sp³-hybridized carbons (Fsp3) is 0.296. The van der Waals surface area contributed by atoms with Gasteiger partial charge in [0.05, 0.1) is 0 Å². The summed E-state index contributed by atoms with van der Waals surface area (Å²) in [7, 11) is 0. The van der Waals surface area contributed by atoms with Gasteiger partial charge >= 0.3 is 6.03 Å². The normalized spacial score (nSPS) is 10.7. The first-order chi connectivity index (χ1) is 15.5. The molecule has 2 aromatic carbocycles. The lowest BCUT2D eigenvalue weighted by Crippen LogP contribution is -2.35. The Morgan fingerprint density at radius 2 is 1.34 bits per heavy atom.